The van der Waals surface area contributed by atoms with E-state index in [-0.39, 0.29) is 5.78 Å². The highest BCUT2D eigenvalue weighted by Crippen LogP contribution is 2.06. The van der Waals surface area contributed by atoms with E-state index in [2.05, 4.69) is 9.36 Å². The smallest absolute Gasteiger partial charge is 0.140 e. The summed E-state index contributed by atoms with van der Waals surface area (Å²) in [5.41, 5.74) is 0. The standard InChI is InChI=1S/C8H12N2OS/c1-6(2)3-7(11)4-8-9-5-10-12-8/h5-6H,3-4H2,1-2H3. The molecule has 0 bridgehead atoms. The predicted octanol–water partition coefficient (Wildman–Crippen LogP) is 1.70. The van der Waals surface area contributed by atoms with Gasteiger partial charge in [0.05, 0.1) is 6.42 Å². The van der Waals surface area contributed by atoms with Crippen molar-refractivity contribution in [2.45, 2.75) is 26.7 Å². The molecule has 0 N–H and O–H groups in total. The Morgan fingerprint density at radius 2 is 2.42 bits per heavy atom. The average Bonchev–Trinajstić information content (AvgIpc) is 2.37. The molecule has 0 saturated heterocycles. The Hall–Kier alpha value is -0.770. The lowest BCUT2D eigenvalue weighted by atomic mass is 10.1. The molecule has 0 aliphatic rings. The minimum Gasteiger partial charge on any atom is -0.299 e. The summed E-state index contributed by atoms with van der Waals surface area (Å²) in [7, 11) is 0. The molecular weight excluding hydrogens is 172 g/mol. The molecule has 3 nitrogen and oxygen atoms in total. The molecule has 1 aromatic rings. The zero-order valence-corrected chi connectivity index (χ0v) is 8.10. The summed E-state index contributed by atoms with van der Waals surface area (Å²) in [6.45, 7) is 4.08. The Morgan fingerprint density at radius 1 is 1.67 bits per heavy atom. The lowest BCUT2D eigenvalue weighted by Gasteiger charge is -2.00. The van der Waals surface area contributed by atoms with E-state index in [4.69, 9.17) is 0 Å². The first-order valence-electron chi connectivity index (χ1n) is 3.95. The Labute approximate surface area is 76.0 Å². The largest absolute Gasteiger partial charge is 0.299 e. The first-order valence-corrected chi connectivity index (χ1v) is 4.73. The van der Waals surface area contributed by atoms with E-state index in [1.54, 1.807) is 0 Å². The van der Waals surface area contributed by atoms with E-state index in [0.29, 0.717) is 18.8 Å². The fraction of sp³-hybridized carbons (Fsp3) is 0.625. The van der Waals surface area contributed by atoms with Crippen LogP contribution in [0.1, 0.15) is 25.3 Å². The van der Waals surface area contributed by atoms with Crippen molar-refractivity contribution in [3.63, 3.8) is 0 Å². The Morgan fingerprint density at radius 3 is 2.92 bits per heavy atom. The molecule has 0 amide bonds. The maximum Gasteiger partial charge on any atom is 0.140 e. The molecule has 0 aromatic carbocycles. The van der Waals surface area contributed by atoms with Crippen LogP contribution in [0.4, 0.5) is 0 Å². The fourth-order valence-electron chi connectivity index (χ4n) is 0.970. The van der Waals surface area contributed by atoms with Gasteiger partial charge < -0.3 is 0 Å². The number of Topliss-reactive ketones (excluding diaryl/α,β-unsaturated/α-hetero) is 1. The molecule has 0 fully saturated rings. The van der Waals surface area contributed by atoms with Gasteiger partial charge in [0.25, 0.3) is 0 Å². The van der Waals surface area contributed by atoms with E-state index < -0.39 is 0 Å². The highest BCUT2D eigenvalue weighted by atomic mass is 32.1. The second-order valence-electron chi connectivity index (χ2n) is 3.15. The average molecular weight is 184 g/mol. The lowest BCUT2D eigenvalue weighted by molar-refractivity contribution is -0.119. The number of aromatic nitrogens is 2. The van der Waals surface area contributed by atoms with Gasteiger partial charge in [0, 0.05) is 6.42 Å². The van der Waals surface area contributed by atoms with E-state index in [1.165, 1.54) is 17.9 Å². The van der Waals surface area contributed by atoms with Gasteiger partial charge in [-0.2, -0.15) is 4.37 Å². The van der Waals surface area contributed by atoms with Gasteiger partial charge in [0.15, 0.2) is 0 Å². The SMILES string of the molecule is CC(C)CC(=O)Cc1ncns1. The van der Waals surface area contributed by atoms with Crippen molar-refractivity contribution < 1.29 is 4.79 Å². The van der Waals surface area contributed by atoms with Crippen molar-refractivity contribution >= 4 is 17.3 Å². The van der Waals surface area contributed by atoms with Crippen LogP contribution in [0.15, 0.2) is 6.33 Å². The quantitative estimate of drug-likeness (QED) is 0.715. The van der Waals surface area contributed by atoms with Crippen LogP contribution in [-0.4, -0.2) is 15.1 Å². The number of carbonyl (C=O) groups is 1. The van der Waals surface area contributed by atoms with Crippen LogP contribution in [0.5, 0.6) is 0 Å². The highest BCUT2D eigenvalue weighted by Gasteiger charge is 2.07. The molecule has 0 aliphatic carbocycles. The van der Waals surface area contributed by atoms with E-state index in [1.807, 2.05) is 13.8 Å². The number of carbonyl (C=O) groups excluding carboxylic acids is 1. The van der Waals surface area contributed by atoms with Crippen LogP contribution in [0.3, 0.4) is 0 Å². The monoisotopic (exact) mass is 184 g/mol. The topological polar surface area (TPSA) is 42.9 Å². The molecule has 1 rings (SSSR count). The zero-order valence-electron chi connectivity index (χ0n) is 7.28. The summed E-state index contributed by atoms with van der Waals surface area (Å²) >= 11 is 1.30. The molecule has 12 heavy (non-hydrogen) atoms. The fourth-order valence-corrected chi connectivity index (χ4v) is 1.51. The predicted molar refractivity (Wildman–Crippen MR) is 48.1 cm³/mol. The molecule has 0 saturated carbocycles. The third-order valence-electron chi connectivity index (χ3n) is 1.39. The lowest BCUT2D eigenvalue weighted by Crippen LogP contribution is -2.05. The highest BCUT2D eigenvalue weighted by molar-refractivity contribution is 7.05. The third kappa shape index (κ3) is 3.09. The third-order valence-corrected chi connectivity index (χ3v) is 2.05. The van der Waals surface area contributed by atoms with Crippen LogP contribution < -0.4 is 0 Å². The van der Waals surface area contributed by atoms with Crippen molar-refractivity contribution in [3.05, 3.63) is 11.3 Å². The van der Waals surface area contributed by atoms with Crippen molar-refractivity contribution in [2.24, 2.45) is 5.92 Å². The molecule has 1 aromatic heterocycles. The van der Waals surface area contributed by atoms with Crippen LogP contribution in [-0.2, 0) is 11.2 Å². The van der Waals surface area contributed by atoms with E-state index in [9.17, 15) is 4.79 Å². The summed E-state index contributed by atoms with van der Waals surface area (Å²) in [6.07, 6.45) is 2.57. The molecule has 0 aliphatic heterocycles. The van der Waals surface area contributed by atoms with Crippen molar-refractivity contribution in [2.75, 3.05) is 0 Å². The first kappa shape index (κ1) is 9.32. The molecule has 4 heteroatoms. The van der Waals surface area contributed by atoms with Gasteiger partial charge in [0.2, 0.25) is 0 Å². The van der Waals surface area contributed by atoms with Gasteiger partial charge in [-0.1, -0.05) is 13.8 Å². The van der Waals surface area contributed by atoms with Gasteiger partial charge in [-0.15, -0.1) is 0 Å². The van der Waals surface area contributed by atoms with Crippen molar-refractivity contribution in [3.8, 4) is 0 Å². The molecule has 0 radical (unpaired) electrons. The van der Waals surface area contributed by atoms with E-state index in [0.717, 1.165) is 5.01 Å². The van der Waals surface area contributed by atoms with Crippen LogP contribution in [0, 0.1) is 5.92 Å². The molecule has 0 unspecified atom stereocenters. The summed E-state index contributed by atoms with van der Waals surface area (Å²) in [4.78, 5) is 15.2. The van der Waals surface area contributed by atoms with Gasteiger partial charge in [-0.05, 0) is 17.5 Å². The van der Waals surface area contributed by atoms with Gasteiger partial charge >= 0.3 is 0 Å². The Kier molecular flexibility index (Phi) is 3.34. The molecular formula is C8H12N2OS. The van der Waals surface area contributed by atoms with Crippen molar-refractivity contribution in [1.29, 1.82) is 0 Å². The Balaban J connectivity index is 2.37. The first-order chi connectivity index (χ1) is 5.68. The Bertz CT molecular complexity index is 244. The van der Waals surface area contributed by atoms with Gasteiger partial charge in [-0.25, -0.2) is 4.98 Å². The maximum absolute atomic E-state index is 11.3. The number of hydrogen-bond acceptors (Lipinski definition) is 4. The van der Waals surface area contributed by atoms with E-state index >= 15 is 0 Å². The second-order valence-corrected chi connectivity index (χ2v) is 4.01. The minimum atomic E-state index is 0.252. The number of hydrogen-bond donors (Lipinski definition) is 0. The zero-order chi connectivity index (χ0) is 8.97. The van der Waals surface area contributed by atoms with Gasteiger partial charge in [0.1, 0.15) is 17.1 Å². The minimum absolute atomic E-state index is 0.252. The summed E-state index contributed by atoms with van der Waals surface area (Å²) in [5, 5.41) is 0.820. The van der Waals surface area contributed by atoms with Gasteiger partial charge in [-0.3, -0.25) is 4.79 Å². The number of ketones is 1. The molecule has 0 spiro atoms. The van der Waals surface area contributed by atoms with Crippen LogP contribution in [0.2, 0.25) is 0 Å². The normalized spacial score (nSPS) is 10.6. The summed E-state index contributed by atoms with van der Waals surface area (Å²) in [5.74, 6) is 0.687. The summed E-state index contributed by atoms with van der Waals surface area (Å²) < 4.78 is 3.83. The second kappa shape index (κ2) is 4.30. The maximum atomic E-state index is 11.3. The molecule has 0 atom stereocenters. The van der Waals surface area contributed by atoms with Crippen LogP contribution in [0.25, 0.3) is 0 Å². The molecule has 1 heterocycles. The molecule has 66 valence electrons. The van der Waals surface area contributed by atoms with Crippen molar-refractivity contribution in [1.82, 2.24) is 9.36 Å². The number of rotatable bonds is 4. The number of nitrogens with zero attached hydrogens (tertiary/aromatic N) is 2. The van der Waals surface area contributed by atoms with Crippen LogP contribution >= 0.6 is 11.5 Å². The summed E-state index contributed by atoms with van der Waals surface area (Å²) in [6, 6.07) is 0.